The number of hydrogen-bond acceptors (Lipinski definition) is 5. The van der Waals surface area contributed by atoms with E-state index in [4.69, 9.17) is 0 Å². The summed E-state index contributed by atoms with van der Waals surface area (Å²) in [5.41, 5.74) is 5.07. The van der Waals surface area contributed by atoms with Crippen LogP contribution < -0.4 is 10.6 Å². The van der Waals surface area contributed by atoms with Crippen LogP contribution in [0.25, 0.3) is 0 Å². The van der Waals surface area contributed by atoms with Crippen molar-refractivity contribution >= 4 is 33.9 Å². The number of hydrogen-bond donors (Lipinski definition) is 2. The van der Waals surface area contributed by atoms with Gasteiger partial charge in [-0.2, -0.15) is 0 Å². The predicted molar refractivity (Wildman–Crippen MR) is 103 cm³/mol. The third-order valence-corrected chi connectivity index (χ3v) is 4.68. The lowest BCUT2D eigenvalue weighted by Gasteiger charge is -2.12. The van der Waals surface area contributed by atoms with E-state index in [1.54, 1.807) is 6.20 Å². The lowest BCUT2D eigenvalue weighted by atomic mass is 10.1. The summed E-state index contributed by atoms with van der Waals surface area (Å²) < 4.78 is 0. The molecule has 5 nitrogen and oxygen atoms in total. The molecule has 1 aromatic carbocycles. The topological polar surface area (TPSA) is 66.9 Å². The van der Waals surface area contributed by atoms with Crippen LogP contribution in [0.3, 0.4) is 0 Å². The van der Waals surface area contributed by atoms with Crippen LogP contribution in [0.2, 0.25) is 0 Å². The van der Waals surface area contributed by atoms with Crippen molar-refractivity contribution in [3.63, 3.8) is 0 Å². The van der Waals surface area contributed by atoms with Crippen molar-refractivity contribution in [3.8, 4) is 0 Å². The Balaban J connectivity index is 1.75. The Bertz CT molecular complexity index is 910. The number of carbonyl (C=O) groups excluding carboxylic acids is 1. The first kappa shape index (κ1) is 17.1. The Labute approximate surface area is 151 Å². The molecule has 0 spiro atoms. The van der Waals surface area contributed by atoms with Gasteiger partial charge >= 0.3 is 0 Å². The number of carbonyl (C=O) groups is 1. The number of nitrogens with one attached hydrogen (secondary N) is 2. The van der Waals surface area contributed by atoms with Crippen molar-refractivity contribution in [1.29, 1.82) is 0 Å². The fraction of sp³-hybridized carbons (Fsp3) is 0.211. The second-order valence-electron chi connectivity index (χ2n) is 6.05. The fourth-order valence-corrected chi connectivity index (χ4v) is 3.43. The Kier molecular flexibility index (Phi) is 4.81. The molecule has 128 valence electrons. The highest BCUT2D eigenvalue weighted by Gasteiger charge is 2.14. The van der Waals surface area contributed by atoms with Gasteiger partial charge in [-0.15, -0.1) is 0 Å². The van der Waals surface area contributed by atoms with Crippen LogP contribution in [0.1, 0.15) is 32.1 Å². The zero-order valence-electron chi connectivity index (χ0n) is 14.7. The number of amides is 1. The molecule has 0 radical (unpaired) electrons. The minimum atomic E-state index is -0.155. The molecule has 3 rings (SSSR count). The molecule has 2 N–H and O–H groups in total. The molecule has 3 aromatic rings. The second kappa shape index (κ2) is 7.03. The zero-order valence-corrected chi connectivity index (χ0v) is 15.5. The molecule has 2 heterocycles. The average molecular weight is 352 g/mol. The number of aryl methyl sites for hydroxylation is 4. The average Bonchev–Trinajstić information content (AvgIpc) is 2.99. The van der Waals surface area contributed by atoms with E-state index >= 15 is 0 Å². The minimum absolute atomic E-state index is 0.155. The highest BCUT2D eigenvalue weighted by Crippen LogP contribution is 2.25. The number of benzene rings is 1. The number of pyridine rings is 1. The maximum Gasteiger partial charge on any atom is 0.267 e. The largest absolute Gasteiger partial charge is 0.321 e. The molecule has 1 amide bonds. The quantitative estimate of drug-likeness (QED) is 0.710. The van der Waals surface area contributed by atoms with Crippen molar-refractivity contribution in [2.24, 2.45) is 0 Å². The van der Waals surface area contributed by atoms with E-state index in [-0.39, 0.29) is 5.91 Å². The van der Waals surface area contributed by atoms with Crippen molar-refractivity contribution in [2.45, 2.75) is 27.7 Å². The Morgan fingerprint density at radius 3 is 2.48 bits per heavy atom. The van der Waals surface area contributed by atoms with E-state index in [1.165, 1.54) is 16.9 Å². The van der Waals surface area contributed by atoms with Crippen LogP contribution in [0.15, 0.2) is 36.5 Å². The van der Waals surface area contributed by atoms with Crippen molar-refractivity contribution in [3.05, 3.63) is 63.8 Å². The SMILES string of the molecule is Cc1cc(C)c(NC(=O)c2cnc(Nc3cccc(C)n3)s2)c(C)c1. The Morgan fingerprint density at radius 2 is 1.80 bits per heavy atom. The molecule has 0 fully saturated rings. The smallest absolute Gasteiger partial charge is 0.267 e. The van der Waals surface area contributed by atoms with E-state index in [0.29, 0.717) is 15.8 Å². The number of aromatic nitrogens is 2. The van der Waals surface area contributed by atoms with E-state index in [0.717, 1.165) is 22.5 Å². The Morgan fingerprint density at radius 1 is 1.08 bits per heavy atom. The van der Waals surface area contributed by atoms with Gasteiger partial charge in [-0.05, 0) is 51.0 Å². The van der Waals surface area contributed by atoms with E-state index in [9.17, 15) is 4.79 Å². The van der Waals surface area contributed by atoms with Gasteiger partial charge in [0.15, 0.2) is 5.13 Å². The van der Waals surface area contributed by atoms with Gasteiger partial charge in [0.05, 0.1) is 6.20 Å². The lowest BCUT2D eigenvalue weighted by molar-refractivity contribution is 0.103. The summed E-state index contributed by atoms with van der Waals surface area (Å²) in [7, 11) is 0. The van der Waals surface area contributed by atoms with Crippen LogP contribution in [0.4, 0.5) is 16.6 Å². The first-order chi connectivity index (χ1) is 11.9. The molecule has 0 bridgehead atoms. The number of nitrogens with zero attached hydrogens (tertiary/aromatic N) is 2. The molecule has 0 aliphatic rings. The number of thiazole rings is 1. The van der Waals surface area contributed by atoms with Gasteiger partial charge < -0.3 is 10.6 Å². The molecular formula is C19H20N4OS. The Hall–Kier alpha value is -2.73. The van der Waals surface area contributed by atoms with Gasteiger partial charge in [-0.25, -0.2) is 9.97 Å². The molecule has 6 heteroatoms. The molecule has 0 aliphatic carbocycles. The van der Waals surface area contributed by atoms with Crippen LogP contribution in [-0.4, -0.2) is 15.9 Å². The lowest BCUT2D eigenvalue weighted by Crippen LogP contribution is -2.12. The summed E-state index contributed by atoms with van der Waals surface area (Å²) in [4.78, 5) is 21.7. The van der Waals surface area contributed by atoms with Crippen molar-refractivity contribution < 1.29 is 4.79 Å². The van der Waals surface area contributed by atoms with Gasteiger partial charge in [0.1, 0.15) is 10.7 Å². The van der Waals surface area contributed by atoms with Crippen molar-refractivity contribution in [1.82, 2.24) is 9.97 Å². The van der Waals surface area contributed by atoms with Crippen molar-refractivity contribution in [2.75, 3.05) is 10.6 Å². The summed E-state index contributed by atoms with van der Waals surface area (Å²) in [6.45, 7) is 7.97. The molecule has 0 aliphatic heterocycles. The first-order valence-corrected chi connectivity index (χ1v) is 8.80. The highest BCUT2D eigenvalue weighted by molar-refractivity contribution is 7.17. The fourth-order valence-electron chi connectivity index (χ4n) is 2.71. The monoisotopic (exact) mass is 352 g/mol. The van der Waals surface area contributed by atoms with Crippen LogP contribution in [0.5, 0.6) is 0 Å². The summed E-state index contributed by atoms with van der Waals surface area (Å²) in [5.74, 6) is 0.560. The van der Waals surface area contributed by atoms with Gasteiger partial charge in [0, 0.05) is 11.4 Å². The number of anilines is 3. The third kappa shape index (κ3) is 4.03. The maximum atomic E-state index is 12.5. The standard InChI is InChI=1S/C19H20N4OS/c1-11-8-12(2)17(13(3)9-11)23-18(24)15-10-20-19(25-15)22-16-7-5-6-14(4)21-16/h5-10H,1-4H3,(H,23,24)(H,20,21,22). The van der Waals surface area contributed by atoms with Gasteiger partial charge in [0.25, 0.3) is 5.91 Å². The molecule has 0 atom stereocenters. The second-order valence-corrected chi connectivity index (χ2v) is 7.08. The molecular weight excluding hydrogens is 332 g/mol. The molecule has 0 saturated carbocycles. The van der Waals surface area contributed by atoms with E-state index < -0.39 is 0 Å². The summed E-state index contributed by atoms with van der Waals surface area (Å²) in [6.07, 6.45) is 1.58. The number of rotatable bonds is 4. The highest BCUT2D eigenvalue weighted by atomic mass is 32.1. The van der Waals surface area contributed by atoms with Gasteiger partial charge in [0.2, 0.25) is 0 Å². The maximum absolute atomic E-state index is 12.5. The third-order valence-electron chi connectivity index (χ3n) is 3.77. The van der Waals surface area contributed by atoms with Crippen LogP contribution >= 0.6 is 11.3 Å². The summed E-state index contributed by atoms with van der Waals surface area (Å²) in [6, 6.07) is 9.84. The molecule has 0 saturated heterocycles. The molecule has 25 heavy (non-hydrogen) atoms. The minimum Gasteiger partial charge on any atom is -0.321 e. The first-order valence-electron chi connectivity index (χ1n) is 7.98. The van der Waals surface area contributed by atoms with E-state index in [1.807, 2.05) is 45.9 Å². The summed E-state index contributed by atoms with van der Waals surface area (Å²) in [5, 5.41) is 6.77. The van der Waals surface area contributed by atoms with Crippen LogP contribution in [-0.2, 0) is 0 Å². The van der Waals surface area contributed by atoms with Gasteiger partial charge in [-0.1, -0.05) is 35.1 Å². The van der Waals surface area contributed by atoms with Gasteiger partial charge in [-0.3, -0.25) is 4.79 Å². The van der Waals surface area contributed by atoms with Crippen LogP contribution in [0, 0.1) is 27.7 Å². The molecule has 2 aromatic heterocycles. The predicted octanol–water partition coefficient (Wildman–Crippen LogP) is 4.77. The normalized spacial score (nSPS) is 10.6. The molecule has 0 unspecified atom stereocenters. The summed E-state index contributed by atoms with van der Waals surface area (Å²) >= 11 is 1.30. The zero-order chi connectivity index (χ0) is 18.0. The van der Waals surface area contributed by atoms with E-state index in [2.05, 4.69) is 32.7 Å².